The molecule has 1 heterocycles. The van der Waals surface area contributed by atoms with Crippen molar-refractivity contribution >= 4 is 11.6 Å². The average Bonchev–Trinajstić information content (AvgIpc) is 2.85. The fourth-order valence-electron chi connectivity index (χ4n) is 2.63. The molecular weight excluding hydrogens is 276 g/mol. The van der Waals surface area contributed by atoms with Crippen LogP contribution in [0.15, 0.2) is 12.1 Å². The van der Waals surface area contributed by atoms with Crippen LogP contribution >= 0.6 is 11.6 Å². The topological polar surface area (TPSA) is 56.5 Å². The smallest absolute Gasteiger partial charge is 0.125 e. The molecule has 112 valence electrons. The second-order valence-electron chi connectivity index (χ2n) is 5.89. The highest BCUT2D eigenvalue weighted by Gasteiger charge is 2.25. The summed E-state index contributed by atoms with van der Waals surface area (Å²) in [6, 6.07) is 4.06. The zero-order chi connectivity index (χ0) is 14.8. The minimum atomic E-state index is -0.223. The standard InChI is InChI=1S/C15H23ClN2O2/c1-15(2,19-3)9-13(18-17)8-11-7-12(16)6-10-4-5-20-14(10)11/h6-7,13,18H,4-5,8-9,17H2,1-3H3. The third kappa shape index (κ3) is 3.64. The summed E-state index contributed by atoms with van der Waals surface area (Å²) >= 11 is 6.18. The molecule has 0 aliphatic carbocycles. The number of methoxy groups -OCH3 is 1. The van der Waals surface area contributed by atoms with Crippen LogP contribution in [0.3, 0.4) is 0 Å². The molecule has 20 heavy (non-hydrogen) atoms. The third-order valence-corrected chi connectivity index (χ3v) is 4.04. The highest BCUT2D eigenvalue weighted by atomic mass is 35.5. The summed E-state index contributed by atoms with van der Waals surface area (Å²) in [5.74, 6) is 6.66. The van der Waals surface area contributed by atoms with E-state index in [4.69, 9.17) is 26.9 Å². The van der Waals surface area contributed by atoms with Gasteiger partial charge >= 0.3 is 0 Å². The predicted octanol–water partition coefficient (Wildman–Crippen LogP) is 2.46. The van der Waals surface area contributed by atoms with Crippen molar-refractivity contribution in [2.45, 2.75) is 44.8 Å². The number of fused-ring (bicyclic) bond motifs is 1. The van der Waals surface area contributed by atoms with Gasteiger partial charge in [0.05, 0.1) is 12.2 Å². The van der Waals surface area contributed by atoms with Gasteiger partial charge in [-0.2, -0.15) is 0 Å². The van der Waals surface area contributed by atoms with E-state index in [2.05, 4.69) is 19.3 Å². The number of benzene rings is 1. The molecule has 0 fully saturated rings. The Labute approximate surface area is 125 Å². The average molecular weight is 299 g/mol. The predicted molar refractivity (Wildman–Crippen MR) is 81.2 cm³/mol. The fraction of sp³-hybridized carbons (Fsp3) is 0.600. The normalized spacial score (nSPS) is 15.8. The summed E-state index contributed by atoms with van der Waals surface area (Å²) in [6.07, 6.45) is 2.50. The molecule has 0 amide bonds. The van der Waals surface area contributed by atoms with E-state index in [0.29, 0.717) is 0 Å². The molecule has 0 spiro atoms. The van der Waals surface area contributed by atoms with Gasteiger partial charge in [-0.05, 0) is 49.9 Å². The van der Waals surface area contributed by atoms with Crippen LogP contribution in [0.25, 0.3) is 0 Å². The Hall–Kier alpha value is -0.810. The van der Waals surface area contributed by atoms with E-state index in [9.17, 15) is 0 Å². The molecule has 1 aromatic rings. The van der Waals surface area contributed by atoms with E-state index in [1.165, 1.54) is 5.56 Å². The summed E-state index contributed by atoms with van der Waals surface area (Å²) < 4.78 is 11.2. The highest BCUT2D eigenvalue weighted by molar-refractivity contribution is 6.30. The second-order valence-corrected chi connectivity index (χ2v) is 6.32. The van der Waals surface area contributed by atoms with Crippen molar-refractivity contribution < 1.29 is 9.47 Å². The number of hydrogen-bond donors (Lipinski definition) is 2. The lowest BCUT2D eigenvalue weighted by atomic mass is 9.93. The van der Waals surface area contributed by atoms with Crippen molar-refractivity contribution in [2.75, 3.05) is 13.7 Å². The van der Waals surface area contributed by atoms with E-state index in [0.717, 1.165) is 42.2 Å². The Morgan fingerprint density at radius 1 is 1.50 bits per heavy atom. The van der Waals surface area contributed by atoms with Crippen LogP contribution in [-0.2, 0) is 17.6 Å². The maximum Gasteiger partial charge on any atom is 0.125 e. The van der Waals surface area contributed by atoms with Crippen molar-refractivity contribution in [2.24, 2.45) is 5.84 Å². The first-order valence-corrected chi connectivity index (χ1v) is 7.28. The summed E-state index contributed by atoms with van der Waals surface area (Å²) in [5, 5.41) is 0.756. The van der Waals surface area contributed by atoms with Gasteiger partial charge in [0.1, 0.15) is 5.75 Å². The maximum atomic E-state index is 6.18. The number of rotatable bonds is 6. The van der Waals surface area contributed by atoms with E-state index in [1.807, 2.05) is 12.1 Å². The molecule has 5 heteroatoms. The number of hydrazine groups is 1. The van der Waals surface area contributed by atoms with Crippen LogP contribution in [0.1, 0.15) is 31.4 Å². The number of nitrogens with one attached hydrogen (secondary N) is 1. The molecule has 1 unspecified atom stereocenters. The highest BCUT2D eigenvalue weighted by Crippen LogP contribution is 2.34. The minimum absolute atomic E-state index is 0.108. The molecule has 0 aromatic heterocycles. The third-order valence-electron chi connectivity index (χ3n) is 3.82. The largest absolute Gasteiger partial charge is 0.493 e. The van der Waals surface area contributed by atoms with Gasteiger partial charge in [-0.3, -0.25) is 11.3 Å². The number of halogens is 1. The molecule has 0 saturated heterocycles. The van der Waals surface area contributed by atoms with Gasteiger partial charge in [-0.1, -0.05) is 11.6 Å². The molecule has 0 bridgehead atoms. The zero-order valence-corrected chi connectivity index (χ0v) is 13.1. The first kappa shape index (κ1) is 15.6. The lowest BCUT2D eigenvalue weighted by molar-refractivity contribution is 0.00706. The Balaban J connectivity index is 2.16. The molecule has 0 saturated carbocycles. The van der Waals surface area contributed by atoms with Gasteiger partial charge in [0.25, 0.3) is 0 Å². The molecule has 1 aliphatic heterocycles. The van der Waals surface area contributed by atoms with Crippen molar-refractivity contribution in [1.82, 2.24) is 5.43 Å². The quantitative estimate of drug-likeness (QED) is 0.626. The van der Waals surface area contributed by atoms with Crippen molar-refractivity contribution in [3.8, 4) is 5.75 Å². The van der Waals surface area contributed by atoms with Crippen LogP contribution in [0.2, 0.25) is 5.02 Å². The molecule has 4 nitrogen and oxygen atoms in total. The van der Waals surface area contributed by atoms with Gasteiger partial charge in [0, 0.05) is 24.6 Å². The van der Waals surface area contributed by atoms with Crippen LogP contribution in [-0.4, -0.2) is 25.4 Å². The van der Waals surface area contributed by atoms with E-state index in [-0.39, 0.29) is 11.6 Å². The van der Waals surface area contributed by atoms with Gasteiger partial charge in [0.2, 0.25) is 0 Å². The van der Waals surface area contributed by atoms with E-state index >= 15 is 0 Å². The molecule has 1 aromatic carbocycles. The fourth-order valence-corrected chi connectivity index (χ4v) is 2.89. The van der Waals surface area contributed by atoms with Crippen molar-refractivity contribution in [1.29, 1.82) is 0 Å². The molecule has 1 aliphatic rings. The van der Waals surface area contributed by atoms with Crippen LogP contribution < -0.4 is 16.0 Å². The molecule has 2 rings (SSSR count). The Morgan fingerprint density at radius 3 is 2.90 bits per heavy atom. The number of ether oxygens (including phenoxy) is 2. The lowest BCUT2D eigenvalue weighted by Crippen LogP contribution is -2.42. The zero-order valence-electron chi connectivity index (χ0n) is 12.3. The molecule has 1 atom stereocenters. The van der Waals surface area contributed by atoms with Crippen molar-refractivity contribution in [3.05, 3.63) is 28.3 Å². The van der Waals surface area contributed by atoms with E-state index in [1.54, 1.807) is 7.11 Å². The van der Waals surface area contributed by atoms with Crippen LogP contribution in [0.5, 0.6) is 5.75 Å². The maximum absolute atomic E-state index is 6.18. The van der Waals surface area contributed by atoms with Gasteiger partial charge < -0.3 is 9.47 Å². The Morgan fingerprint density at radius 2 is 2.25 bits per heavy atom. The monoisotopic (exact) mass is 298 g/mol. The summed E-state index contributed by atoms with van der Waals surface area (Å²) in [5.41, 5.74) is 4.95. The first-order valence-electron chi connectivity index (χ1n) is 6.90. The molecule has 3 N–H and O–H groups in total. The Bertz CT molecular complexity index is 477. The molecule has 0 radical (unpaired) electrons. The molecular formula is C15H23ClN2O2. The van der Waals surface area contributed by atoms with Crippen LogP contribution in [0.4, 0.5) is 0 Å². The summed E-state index contributed by atoms with van der Waals surface area (Å²) in [7, 11) is 1.72. The van der Waals surface area contributed by atoms with Gasteiger partial charge in [-0.25, -0.2) is 0 Å². The first-order chi connectivity index (χ1) is 9.45. The van der Waals surface area contributed by atoms with Gasteiger partial charge in [0.15, 0.2) is 0 Å². The van der Waals surface area contributed by atoms with Crippen LogP contribution in [0, 0.1) is 0 Å². The number of nitrogens with two attached hydrogens (primary N) is 1. The van der Waals surface area contributed by atoms with E-state index < -0.39 is 0 Å². The summed E-state index contributed by atoms with van der Waals surface area (Å²) in [4.78, 5) is 0. The Kier molecular flexibility index (Phi) is 4.91. The SMILES string of the molecule is COC(C)(C)CC(Cc1cc(Cl)cc2c1OCC2)NN. The minimum Gasteiger partial charge on any atom is -0.493 e. The number of hydrogen-bond acceptors (Lipinski definition) is 4. The van der Waals surface area contributed by atoms with Gasteiger partial charge in [-0.15, -0.1) is 0 Å². The lowest BCUT2D eigenvalue weighted by Gasteiger charge is -2.28. The summed E-state index contributed by atoms with van der Waals surface area (Å²) in [6.45, 7) is 4.83. The second kappa shape index (κ2) is 6.31. The van der Waals surface area contributed by atoms with Crippen molar-refractivity contribution in [3.63, 3.8) is 0 Å².